The fraction of sp³-hybridized carbons (Fsp3) is 0.500. The lowest BCUT2D eigenvalue weighted by Gasteiger charge is -2.12. The monoisotopic (exact) mass is 266 g/mol. The Bertz CT molecular complexity index is 447. The molecule has 1 rings (SSSR count). The van der Waals surface area contributed by atoms with Gasteiger partial charge in [-0.3, -0.25) is 0 Å². The molecule has 0 unspecified atom stereocenters. The van der Waals surface area contributed by atoms with E-state index in [-0.39, 0.29) is 0 Å². The summed E-state index contributed by atoms with van der Waals surface area (Å²) >= 11 is 0. The van der Waals surface area contributed by atoms with Gasteiger partial charge in [0.1, 0.15) is 0 Å². The van der Waals surface area contributed by atoms with Crippen LogP contribution in [0.4, 0.5) is 0 Å². The maximum Gasteiger partial charge on any atom is 0.0402 e. The van der Waals surface area contributed by atoms with Crippen LogP contribution < -0.4 is 0 Å². The molecule has 106 valence electrons. The SMILES string of the molecule is C#Cc1cc(CCCCC)c(CCCCC)cc1C#C. The third-order valence-corrected chi connectivity index (χ3v) is 3.75. The van der Waals surface area contributed by atoms with E-state index in [2.05, 4.69) is 37.8 Å². The van der Waals surface area contributed by atoms with Crippen LogP contribution in [-0.2, 0) is 12.8 Å². The molecule has 1 aromatic carbocycles. The van der Waals surface area contributed by atoms with Crippen LogP contribution in [0.1, 0.15) is 74.6 Å². The van der Waals surface area contributed by atoms with Crippen molar-refractivity contribution in [1.29, 1.82) is 0 Å². The normalized spacial score (nSPS) is 10.0. The molecule has 1 aromatic rings. The smallest absolute Gasteiger partial charge is 0.0402 e. The van der Waals surface area contributed by atoms with E-state index in [1.54, 1.807) is 0 Å². The summed E-state index contributed by atoms with van der Waals surface area (Å²) in [6.45, 7) is 4.47. The van der Waals surface area contributed by atoms with E-state index in [9.17, 15) is 0 Å². The van der Waals surface area contributed by atoms with Gasteiger partial charge in [-0.05, 0) is 48.9 Å². The van der Waals surface area contributed by atoms with Gasteiger partial charge in [-0.1, -0.05) is 51.4 Å². The number of unbranched alkanes of at least 4 members (excludes halogenated alkanes) is 4. The predicted octanol–water partition coefficient (Wildman–Crippen LogP) is 5.11. The Hall–Kier alpha value is -1.66. The molecule has 0 atom stereocenters. The highest BCUT2D eigenvalue weighted by Crippen LogP contribution is 2.21. The van der Waals surface area contributed by atoms with Crippen LogP contribution in [0.2, 0.25) is 0 Å². The van der Waals surface area contributed by atoms with E-state index >= 15 is 0 Å². The highest BCUT2D eigenvalue weighted by molar-refractivity contribution is 5.53. The van der Waals surface area contributed by atoms with Gasteiger partial charge < -0.3 is 0 Å². The van der Waals surface area contributed by atoms with Crippen LogP contribution in [0.15, 0.2) is 12.1 Å². The van der Waals surface area contributed by atoms with E-state index in [4.69, 9.17) is 12.8 Å². The lowest BCUT2D eigenvalue weighted by molar-refractivity contribution is 0.693. The molecule has 0 bridgehead atoms. The van der Waals surface area contributed by atoms with Gasteiger partial charge in [-0.15, -0.1) is 12.8 Å². The zero-order valence-corrected chi connectivity index (χ0v) is 13.0. The van der Waals surface area contributed by atoms with Gasteiger partial charge in [0.15, 0.2) is 0 Å². The molecule has 0 saturated carbocycles. The summed E-state index contributed by atoms with van der Waals surface area (Å²) in [6.07, 6.45) is 20.9. The summed E-state index contributed by atoms with van der Waals surface area (Å²) in [7, 11) is 0. The van der Waals surface area contributed by atoms with Crippen LogP contribution >= 0.6 is 0 Å². The zero-order valence-electron chi connectivity index (χ0n) is 13.0. The first kappa shape index (κ1) is 16.4. The standard InChI is InChI=1S/C20H26/c1-5-9-11-13-19-15-17(7-3)18(8-4)16-20(19)14-12-10-6-2/h3-4,15-16H,5-6,9-14H2,1-2H3. The molecule has 0 radical (unpaired) electrons. The molecular formula is C20H26. The second kappa shape index (κ2) is 9.28. The fourth-order valence-corrected chi connectivity index (χ4v) is 2.52. The van der Waals surface area contributed by atoms with Gasteiger partial charge in [0.2, 0.25) is 0 Å². The first-order chi connectivity index (χ1) is 9.76. The maximum atomic E-state index is 5.58. The van der Waals surface area contributed by atoms with Gasteiger partial charge in [0.25, 0.3) is 0 Å². The summed E-state index contributed by atoms with van der Waals surface area (Å²) in [6, 6.07) is 4.29. The van der Waals surface area contributed by atoms with Crippen molar-refractivity contribution in [1.82, 2.24) is 0 Å². The summed E-state index contributed by atoms with van der Waals surface area (Å²) in [5, 5.41) is 0. The van der Waals surface area contributed by atoms with E-state index in [1.807, 2.05) is 0 Å². The molecule has 0 aliphatic heterocycles. The second-order valence-corrected chi connectivity index (χ2v) is 5.37. The predicted molar refractivity (Wildman–Crippen MR) is 88.8 cm³/mol. The molecule has 0 heterocycles. The minimum Gasteiger partial charge on any atom is -0.115 e. The molecule has 0 fully saturated rings. The maximum absolute atomic E-state index is 5.58. The summed E-state index contributed by atoms with van der Waals surface area (Å²) < 4.78 is 0. The Labute approximate surface area is 125 Å². The Kier molecular flexibility index (Phi) is 7.60. The van der Waals surface area contributed by atoms with Crippen molar-refractivity contribution in [3.63, 3.8) is 0 Å². The molecule has 0 aliphatic rings. The zero-order chi connectivity index (χ0) is 14.8. The summed E-state index contributed by atoms with van der Waals surface area (Å²) in [5.41, 5.74) is 4.56. The number of benzene rings is 1. The number of hydrogen-bond acceptors (Lipinski definition) is 0. The van der Waals surface area contributed by atoms with Crippen molar-refractivity contribution in [2.45, 2.75) is 65.2 Å². The van der Waals surface area contributed by atoms with Crippen molar-refractivity contribution in [3.05, 3.63) is 34.4 Å². The first-order valence-electron chi connectivity index (χ1n) is 7.85. The summed E-state index contributed by atoms with van der Waals surface area (Å²) in [4.78, 5) is 0. The Balaban J connectivity index is 2.97. The molecule has 0 aliphatic carbocycles. The Morgan fingerprint density at radius 2 is 1.15 bits per heavy atom. The van der Waals surface area contributed by atoms with E-state index in [1.165, 1.54) is 49.7 Å². The van der Waals surface area contributed by atoms with E-state index in [0.717, 1.165) is 24.0 Å². The third kappa shape index (κ3) is 4.79. The second-order valence-electron chi connectivity index (χ2n) is 5.37. The van der Waals surface area contributed by atoms with Crippen molar-refractivity contribution >= 4 is 0 Å². The number of aryl methyl sites for hydroxylation is 2. The molecule has 0 N–H and O–H groups in total. The molecular weight excluding hydrogens is 240 g/mol. The fourth-order valence-electron chi connectivity index (χ4n) is 2.52. The number of terminal acetylenes is 2. The molecule has 0 nitrogen and oxygen atoms in total. The highest BCUT2D eigenvalue weighted by atomic mass is 14.1. The Morgan fingerprint density at radius 3 is 1.45 bits per heavy atom. The minimum atomic E-state index is 0.873. The number of rotatable bonds is 8. The largest absolute Gasteiger partial charge is 0.115 e. The van der Waals surface area contributed by atoms with E-state index < -0.39 is 0 Å². The highest BCUT2D eigenvalue weighted by Gasteiger charge is 2.07. The Morgan fingerprint density at radius 1 is 0.750 bits per heavy atom. The lowest BCUT2D eigenvalue weighted by atomic mass is 9.92. The van der Waals surface area contributed by atoms with Crippen LogP contribution in [0, 0.1) is 24.7 Å². The molecule has 0 amide bonds. The molecule has 0 spiro atoms. The van der Waals surface area contributed by atoms with Crippen molar-refractivity contribution < 1.29 is 0 Å². The van der Waals surface area contributed by atoms with Gasteiger partial charge in [0.05, 0.1) is 0 Å². The van der Waals surface area contributed by atoms with Gasteiger partial charge in [-0.2, -0.15) is 0 Å². The third-order valence-electron chi connectivity index (χ3n) is 3.75. The average Bonchev–Trinajstić information content (AvgIpc) is 2.48. The van der Waals surface area contributed by atoms with Gasteiger partial charge in [-0.25, -0.2) is 0 Å². The van der Waals surface area contributed by atoms with Crippen LogP contribution in [0.25, 0.3) is 0 Å². The average molecular weight is 266 g/mol. The number of hydrogen-bond donors (Lipinski definition) is 0. The molecule has 0 aromatic heterocycles. The van der Waals surface area contributed by atoms with Gasteiger partial charge in [0, 0.05) is 11.1 Å². The van der Waals surface area contributed by atoms with Crippen molar-refractivity contribution in [2.24, 2.45) is 0 Å². The summed E-state index contributed by atoms with van der Waals surface area (Å²) in [5.74, 6) is 5.46. The molecule has 20 heavy (non-hydrogen) atoms. The van der Waals surface area contributed by atoms with Gasteiger partial charge >= 0.3 is 0 Å². The molecule has 0 heteroatoms. The molecule has 0 saturated heterocycles. The lowest BCUT2D eigenvalue weighted by Crippen LogP contribution is -1.99. The van der Waals surface area contributed by atoms with Crippen LogP contribution in [0.3, 0.4) is 0 Å². The first-order valence-corrected chi connectivity index (χ1v) is 7.85. The van der Waals surface area contributed by atoms with Crippen molar-refractivity contribution in [3.8, 4) is 24.7 Å². The van der Waals surface area contributed by atoms with Crippen LogP contribution in [-0.4, -0.2) is 0 Å². The topological polar surface area (TPSA) is 0 Å². The quantitative estimate of drug-likeness (QED) is 0.453. The minimum absolute atomic E-state index is 0.873. The van der Waals surface area contributed by atoms with Crippen molar-refractivity contribution in [2.75, 3.05) is 0 Å². The van der Waals surface area contributed by atoms with Crippen LogP contribution in [0.5, 0.6) is 0 Å². The van der Waals surface area contributed by atoms with E-state index in [0.29, 0.717) is 0 Å².